The quantitative estimate of drug-likeness (QED) is 0.295. The van der Waals surface area contributed by atoms with Gasteiger partial charge >= 0.3 is 5.97 Å². The number of methoxy groups -OCH3 is 2. The molecule has 1 aromatic heterocycles. The molecule has 0 saturated carbocycles. The van der Waals surface area contributed by atoms with Crippen LogP contribution in [0.15, 0.2) is 46.9 Å². The number of nitro groups is 1. The standard InChI is InChI=1S/C20H19N3O7/c1-27-16-9-3-13(11-17(16)28-2)4-10-19(24)29-12-18-21-22-20(30-18)14-5-7-15(8-6-14)23(25)26/h3,5-9,11H,4,10,12H2,1-2H3. The van der Waals surface area contributed by atoms with Crippen molar-refractivity contribution in [1.29, 1.82) is 0 Å². The van der Waals surface area contributed by atoms with E-state index in [9.17, 15) is 14.9 Å². The third kappa shape index (κ3) is 5.10. The summed E-state index contributed by atoms with van der Waals surface area (Å²) in [5, 5.41) is 18.4. The first kappa shape index (κ1) is 20.8. The van der Waals surface area contributed by atoms with Gasteiger partial charge in [0.05, 0.1) is 19.1 Å². The van der Waals surface area contributed by atoms with Crippen LogP contribution in [0.1, 0.15) is 17.9 Å². The smallest absolute Gasteiger partial charge is 0.306 e. The molecule has 0 spiro atoms. The fraction of sp³-hybridized carbons (Fsp3) is 0.250. The monoisotopic (exact) mass is 413 g/mol. The van der Waals surface area contributed by atoms with Crippen LogP contribution in [-0.4, -0.2) is 35.3 Å². The highest BCUT2D eigenvalue weighted by molar-refractivity contribution is 5.69. The van der Waals surface area contributed by atoms with Crippen molar-refractivity contribution in [2.75, 3.05) is 14.2 Å². The van der Waals surface area contributed by atoms with Gasteiger partial charge in [-0.2, -0.15) is 0 Å². The van der Waals surface area contributed by atoms with E-state index < -0.39 is 10.9 Å². The normalized spacial score (nSPS) is 10.5. The van der Waals surface area contributed by atoms with E-state index in [1.165, 1.54) is 24.3 Å². The Hall–Kier alpha value is -3.95. The summed E-state index contributed by atoms with van der Waals surface area (Å²) >= 11 is 0. The Balaban J connectivity index is 1.51. The van der Waals surface area contributed by atoms with Crippen molar-refractivity contribution in [2.45, 2.75) is 19.4 Å². The number of hydrogen-bond donors (Lipinski definition) is 0. The molecule has 0 atom stereocenters. The summed E-state index contributed by atoms with van der Waals surface area (Å²) in [6, 6.07) is 11.1. The lowest BCUT2D eigenvalue weighted by Crippen LogP contribution is -2.06. The Bertz CT molecular complexity index is 1030. The maximum absolute atomic E-state index is 12.0. The second kappa shape index (κ2) is 9.50. The molecule has 3 rings (SSSR count). The number of aryl methyl sites for hydroxylation is 1. The molecule has 0 saturated heterocycles. The summed E-state index contributed by atoms with van der Waals surface area (Å²) < 4.78 is 21.0. The lowest BCUT2D eigenvalue weighted by atomic mass is 10.1. The first-order valence-electron chi connectivity index (χ1n) is 8.94. The van der Waals surface area contributed by atoms with E-state index in [1.54, 1.807) is 26.4 Å². The molecule has 10 nitrogen and oxygen atoms in total. The largest absolute Gasteiger partial charge is 0.493 e. The topological polar surface area (TPSA) is 127 Å². The Labute approximate surface area is 171 Å². The summed E-state index contributed by atoms with van der Waals surface area (Å²) in [5.74, 6) is 1.10. The van der Waals surface area contributed by atoms with Gasteiger partial charge in [0.25, 0.3) is 11.6 Å². The minimum atomic E-state index is -0.496. The third-order valence-corrected chi connectivity index (χ3v) is 4.21. The number of ether oxygens (including phenoxy) is 3. The van der Waals surface area contributed by atoms with Gasteiger partial charge in [-0.25, -0.2) is 0 Å². The van der Waals surface area contributed by atoms with E-state index in [2.05, 4.69) is 10.2 Å². The van der Waals surface area contributed by atoms with Crippen LogP contribution in [0.4, 0.5) is 5.69 Å². The van der Waals surface area contributed by atoms with Crippen molar-refractivity contribution in [3.8, 4) is 23.0 Å². The van der Waals surface area contributed by atoms with Crippen LogP contribution >= 0.6 is 0 Å². The molecule has 0 radical (unpaired) electrons. The molecule has 0 aliphatic heterocycles. The third-order valence-electron chi connectivity index (χ3n) is 4.21. The number of aromatic nitrogens is 2. The number of rotatable bonds is 9. The Kier molecular flexibility index (Phi) is 6.58. The molecular weight excluding hydrogens is 394 g/mol. The highest BCUT2D eigenvalue weighted by Gasteiger charge is 2.13. The molecule has 2 aromatic carbocycles. The van der Waals surface area contributed by atoms with E-state index in [-0.39, 0.29) is 30.5 Å². The Morgan fingerprint density at radius 2 is 1.80 bits per heavy atom. The van der Waals surface area contributed by atoms with Gasteiger partial charge in [-0.15, -0.1) is 10.2 Å². The van der Waals surface area contributed by atoms with Crippen LogP contribution in [0.5, 0.6) is 11.5 Å². The predicted molar refractivity (Wildman–Crippen MR) is 104 cm³/mol. The van der Waals surface area contributed by atoms with Crippen molar-refractivity contribution in [3.05, 3.63) is 64.0 Å². The van der Waals surface area contributed by atoms with Gasteiger partial charge in [0, 0.05) is 24.1 Å². The zero-order valence-electron chi connectivity index (χ0n) is 16.4. The van der Waals surface area contributed by atoms with Crippen molar-refractivity contribution >= 4 is 11.7 Å². The highest BCUT2D eigenvalue weighted by atomic mass is 16.6. The van der Waals surface area contributed by atoms with Crippen molar-refractivity contribution in [3.63, 3.8) is 0 Å². The lowest BCUT2D eigenvalue weighted by molar-refractivity contribution is -0.384. The van der Waals surface area contributed by atoms with Crippen LogP contribution < -0.4 is 9.47 Å². The average molecular weight is 413 g/mol. The minimum absolute atomic E-state index is 0.0399. The van der Waals surface area contributed by atoms with Crippen LogP contribution in [0.3, 0.4) is 0 Å². The van der Waals surface area contributed by atoms with E-state index in [0.29, 0.717) is 23.5 Å². The molecule has 156 valence electrons. The number of non-ortho nitro benzene ring substituents is 1. The van der Waals surface area contributed by atoms with Gasteiger partial charge < -0.3 is 18.6 Å². The maximum Gasteiger partial charge on any atom is 0.306 e. The van der Waals surface area contributed by atoms with Crippen LogP contribution in [0, 0.1) is 10.1 Å². The number of carbonyl (C=O) groups is 1. The van der Waals surface area contributed by atoms with Crippen molar-refractivity contribution < 1.29 is 28.3 Å². The van der Waals surface area contributed by atoms with Gasteiger partial charge in [-0.1, -0.05) is 6.07 Å². The zero-order chi connectivity index (χ0) is 21.5. The molecule has 10 heteroatoms. The summed E-state index contributed by atoms with van der Waals surface area (Å²) in [6.07, 6.45) is 0.635. The molecule has 0 aliphatic rings. The van der Waals surface area contributed by atoms with Crippen molar-refractivity contribution in [1.82, 2.24) is 10.2 Å². The zero-order valence-corrected chi connectivity index (χ0v) is 16.4. The molecular formula is C20H19N3O7. The number of carbonyl (C=O) groups excluding carboxylic acids is 1. The summed E-state index contributed by atoms with van der Waals surface area (Å²) in [4.78, 5) is 22.2. The summed E-state index contributed by atoms with van der Waals surface area (Å²) in [5.41, 5.74) is 1.39. The molecule has 3 aromatic rings. The number of esters is 1. The fourth-order valence-corrected chi connectivity index (χ4v) is 2.65. The molecule has 0 amide bonds. The van der Waals surface area contributed by atoms with E-state index >= 15 is 0 Å². The summed E-state index contributed by atoms with van der Waals surface area (Å²) in [7, 11) is 3.10. The van der Waals surface area contributed by atoms with Gasteiger partial charge in [-0.3, -0.25) is 14.9 Å². The highest BCUT2D eigenvalue weighted by Crippen LogP contribution is 2.28. The molecule has 0 fully saturated rings. The van der Waals surface area contributed by atoms with Crippen molar-refractivity contribution in [2.24, 2.45) is 0 Å². The fourth-order valence-electron chi connectivity index (χ4n) is 2.65. The number of nitro benzene ring substituents is 1. The average Bonchev–Trinajstić information content (AvgIpc) is 3.25. The number of nitrogens with zero attached hydrogens (tertiary/aromatic N) is 3. The van der Waals surface area contributed by atoms with Crippen LogP contribution in [-0.2, 0) is 22.6 Å². The predicted octanol–water partition coefficient (Wildman–Crippen LogP) is 3.34. The van der Waals surface area contributed by atoms with Gasteiger partial charge in [0.2, 0.25) is 5.89 Å². The number of benzene rings is 2. The molecule has 0 unspecified atom stereocenters. The molecule has 1 heterocycles. The maximum atomic E-state index is 12.0. The second-order valence-electron chi connectivity index (χ2n) is 6.15. The number of hydrogen-bond acceptors (Lipinski definition) is 9. The molecule has 0 aliphatic carbocycles. The second-order valence-corrected chi connectivity index (χ2v) is 6.15. The van der Waals surface area contributed by atoms with E-state index in [1.807, 2.05) is 6.07 Å². The summed E-state index contributed by atoms with van der Waals surface area (Å²) in [6.45, 7) is -0.162. The van der Waals surface area contributed by atoms with E-state index in [4.69, 9.17) is 18.6 Å². The first-order valence-corrected chi connectivity index (χ1v) is 8.94. The molecule has 0 N–H and O–H groups in total. The Morgan fingerprint density at radius 3 is 2.47 bits per heavy atom. The molecule has 0 bridgehead atoms. The van der Waals surface area contributed by atoms with Crippen LogP contribution in [0.2, 0.25) is 0 Å². The van der Waals surface area contributed by atoms with Gasteiger partial charge in [0.15, 0.2) is 18.1 Å². The van der Waals surface area contributed by atoms with Gasteiger partial charge in [0.1, 0.15) is 0 Å². The lowest BCUT2D eigenvalue weighted by Gasteiger charge is -2.09. The SMILES string of the molecule is COc1ccc(CCC(=O)OCc2nnc(-c3ccc([N+](=O)[O-])cc3)o2)cc1OC. The Morgan fingerprint density at radius 1 is 1.07 bits per heavy atom. The minimum Gasteiger partial charge on any atom is -0.493 e. The molecule has 30 heavy (non-hydrogen) atoms. The van der Waals surface area contributed by atoms with E-state index in [0.717, 1.165) is 5.56 Å². The first-order chi connectivity index (χ1) is 14.5. The van der Waals surface area contributed by atoms with Gasteiger partial charge in [-0.05, 0) is 36.2 Å². The van der Waals surface area contributed by atoms with Crippen LogP contribution in [0.25, 0.3) is 11.5 Å².